The van der Waals surface area contributed by atoms with E-state index in [-0.39, 0.29) is 6.54 Å². The summed E-state index contributed by atoms with van der Waals surface area (Å²) in [7, 11) is 0. The number of alkyl halides is 15. The smallest absolute Gasteiger partial charge is 0.378 e. The summed E-state index contributed by atoms with van der Waals surface area (Å²) < 4.78 is 210. The molecule has 1 saturated heterocycles. The molecule has 0 radical (unpaired) electrons. The molecular weight excluding hydrogens is 553 g/mol. The van der Waals surface area contributed by atoms with E-state index in [0.717, 1.165) is 0 Å². The summed E-state index contributed by atoms with van der Waals surface area (Å²) in [5.41, 5.74) is -0.917. The van der Waals surface area contributed by atoms with Crippen LogP contribution in [0.3, 0.4) is 0 Å². The molecule has 1 aliphatic heterocycles. The molecule has 0 aromatic heterocycles. The summed E-state index contributed by atoms with van der Waals surface area (Å²) in [6.45, 7) is -5.32. The van der Waals surface area contributed by atoms with E-state index in [0.29, 0.717) is 0 Å². The maximum Gasteiger partial charge on any atom is 0.428 e. The zero-order valence-electron chi connectivity index (χ0n) is 17.8. The first-order valence-corrected chi connectivity index (χ1v) is 9.47. The highest BCUT2D eigenvalue weighted by molar-refractivity contribution is 5.09. The quantitative estimate of drug-likeness (QED) is 0.201. The largest absolute Gasteiger partial charge is 0.428 e. The maximum atomic E-state index is 13.8. The van der Waals surface area contributed by atoms with Crippen LogP contribution >= 0.6 is 0 Å². The number of hydrogen-bond donors (Lipinski definition) is 2. The molecule has 1 aliphatic rings. The van der Waals surface area contributed by atoms with Gasteiger partial charge in [-0.25, -0.2) is 18.5 Å². The Morgan fingerprint density at radius 3 is 1.89 bits per heavy atom. The van der Waals surface area contributed by atoms with E-state index in [1.165, 1.54) is 0 Å². The van der Waals surface area contributed by atoms with Crippen LogP contribution in [-0.4, -0.2) is 80.2 Å². The molecule has 0 amide bonds. The van der Waals surface area contributed by atoms with Crippen molar-refractivity contribution in [1.82, 2.24) is 5.32 Å². The van der Waals surface area contributed by atoms with Crippen molar-refractivity contribution in [2.75, 3.05) is 26.4 Å². The summed E-state index contributed by atoms with van der Waals surface area (Å²) in [4.78, 5) is 0. The van der Waals surface area contributed by atoms with Crippen molar-refractivity contribution in [1.29, 1.82) is 0 Å². The van der Waals surface area contributed by atoms with Crippen molar-refractivity contribution in [2.24, 2.45) is 5.73 Å². The molecule has 0 bridgehead atoms. The highest BCUT2D eigenvalue weighted by Gasteiger charge is 2.84. The highest BCUT2D eigenvalue weighted by atomic mass is 19.4. The van der Waals surface area contributed by atoms with E-state index in [4.69, 9.17) is 10.5 Å². The van der Waals surface area contributed by atoms with E-state index >= 15 is 0 Å². The molecule has 216 valence electrons. The van der Waals surface area contributed by atoms with Gasteiger partial charge in [0.15, 0.2) is 0 Å². The second-order valence-corrected chi connectivity index (χ2v) is 7.90. The van der Waals surface area contributed by atoms with Crippen LogP contribution in [0, 0.1) is 0 Å². The van der Waals surface area contributed by atoms with Crippen LogP contribution in [-0.2, 0) is 14.2 Å². The maximum absolute atomic E-state index is 13.8. The summed E-state index contributed by atoms with van der Waals surface area (Å²) in [6.07, 6.45) is -18.0. The first-order chi connectivity index (χ1) is 15.7. The van der Waals surface area contributed by atoms with Gasteiger partial charge < -0.3 is 14.2 Å². The van der Waals surface area contributed by atoms with Crippen molar-refractivity contribution in [2.45, 2.75) is 73.6 Å². The lowest BCUT2D eigenvalue weighted by molar-refractivity contribution is -0.389. The molecule has 1 fully saturated rings. The molecule has 1 heterocycles. The fourth-order valence-electron chi connectivity index (χ4n) is 2.62. The van der Waals surface area contributed by atoms with Gasteiger partial charge in [-0.15, -0.1) is 0 Å². The summed E-state index contributed by atoms with van der Waals surface area (Å²) in [6, 6.07) is -2.45. The molecule has 0 aromatic rings. The molecule has 3 N–H and O–H groups in total. The van der Waals surface area contributed by atoms with Crippen molar-refractivity contribution in [3.05, 3.63) is 0 Å². The van der Waals surface area contributed by atoms with Gasteiger partial charge in [0.05, 0.1) is 25.7 Å². The lowest BCUT2D eigenvalue weighted by atomic mass is 9.87. The van der Waals surface area contributed by atoms with Crippen molar-refractivity contribution >= 4 is 0 Å². The van der Waals surface area contributed by atoms with E-state index in [2.05, 4.69) is 14.8 Å². The summed E-state index contributed by atoms with van der Waals surface area (Å²) in [5.74, 6) is -25.8. The number of hydrogen-bond acceptors (Lipinski definition) is 5. The van der Waals surface area contributed by atoms with Gasteiger partial charge in [0.1, 0.15) is 6.61 Å². The summed E-state index contributed by atoms with van der Waals surface area (Å²) >= 11 is 0. The van der Waals surface area contributed by atoms with Crippen LogP contribution in [0.25, 0.3) is 0 Å². The zero-order chi connectivity index (χ0) is 28.6. The normalized spacial score (nSPS) is 24.8. The van der Waals surface area contributed by atoms with Crippen LogP contribution < -0.4 is 11.1 Å². The second-order valence-electron chi connectivity index (χ2n) is 7.90. The van der Waals surface area contributed by atoms with Crippen LogP contribution in [0.5, 0.6) is 0 Å². The third-order valence-electron chi connectivity index (χ3n) is 4.74. The van der Waals surface area contributed by atoms with Crippen LogP contribution in [0.4, 0.5) is 65.9 Å². The number of nitrogens with one attached hydrogen (secondary N) is 1. The van der Waals surface area contributed by atoms with E-state index in [1.807, 2.05) is 0 Å². The molecule has 36 heavy (non-hydrogen) atoms. The monoisotopic (exact) mass is 572 g/mol. The Morgan fingerprint density at radius 2 is 1.42 bits per heavy atom. The van der Waals surface area contributed by atoms with E-state index < -0.39 is 93.4 Å². The Kier molecular flexibility index (Phi) is 9.23. The lowest BCUT2D eigenvalue weighted by Crippen LogP contribution is -2.67. The Bertz CT molecular complexity index is 741. The number of rotatable bonds is 12. The first-order valence-electron chi connectivity index (χ1n) is 9.47. The third kappa shape index (κ3) is 7.41. The Morgan fingerprint density at radius 1 is 0.889 bits per heavy atom. The second kappa shape index (κ2) is 10.1. The van der Waals surface area contributed by atoms with Gasteiger partial charge in [-0.1, -0.05) is 0 Å². The molecule has 0 spiro atoms. The standard InChI is InChI=1S/C16H19F15N2O3/c1-9(17,15(29,30)31)13(25,26)14(27,28)11(20,21)6-10(18,19)2-3-34-5-8-4-33-16(32,36-8)35-7-12(22,23)24/h8,33H,2-7,32H2,1H3. The van der Waals surface area contributed by atoms with Crippen LogP contribution in [0.15, 0.2) is 0 Å². The minimum atomic E-state index is -7.20. The van der Waals surface area contributed by atoms with E-state index in [9.17, 15) is 65.9 Å². The fourth-order valence-corrected chi connectivity index (χ4v) is 2.62. The number of halogens is 15. The Hall–Kier alpha value is -1.25. The molecule has 0 saturated carbocycles. The Balaban J connectivity index is 2.69. The minimum absolute atomic E-state index is 0.356. The predicted molar refractivity (Wildman–Crippen MR) is 87.2 cm³/mol. The van der Waals surface area contributed by atoms with Crippen LogP contribution in [0.1, 0.15) is 19.8 Å². The average Bonchev–Trinajstić information content (AvgIpc) is 3.02. The highest BCUT2D eigenvalue weighted by Crippen LogP contribution is 2.58. The first kappa shape index (κ1) is 32.8. The topological polar surface area (TPSA) is 65.7 Å². The summed E-state index contributed by atoms with van der Waals surface area (Å²) in [5, 5.41) is 2.14. The number of ether oxygens (including phenoxy) is 3. The van der Waals surface area contributed by atoms with Gasteiger partial charge in [0.25, 0.3) is 17.6 Å². The Labute approximate surface area is 192 Å². The van der Waals surface area contributed by atoms with Gasteiger partial charge in [-0.3, -0.25) is 5.73 Å². The van der Waals surface area contributed by atoms with Gasteiger partial charge in [0, 0.05) is 13.0 Å². The van der Waals surface area contributed by atoms with Crippen molar-refractivity contribution < 1.29 is 80.1 Å². The third-order valence-corrected chi connectivity index (χ3v) is 4.74. The molecule has 1 rings (SSSR count). The molecule has 3 unspecified atom stereocenters. The lowest BCUT2D eigenvalue weighted by Gasteiger charge is -2.40. The minimum Gasteiger partial charge on any atom is -0.378 e. The molecule has 3 atom stereocenters. The SMILES string of the molecule is CC(F)(C(F)(F)F)C(F)(F)C(F)(F)C(F)(F)CC(F)(F)CCOCC1CNC(N)(OCC(F)(F)F)O1. The molecule has 20 heteroatoms. The van der Waals surface area contributed by atoms with Gasteiger partial charge in [-0.05, 0) is 6.92 Å². The van der Waals surface area contributed by atoms with Crippen molar-refractivity contribution in [3.63, 3.8) is 0 Å². The van der Waals surface area contributed by atoms with Crippen LogP contribution in [0.2, 0.25) is 0 Å². The molecule has 0 aliphatic carbocycles. The predicted octanol–water partition coefficient (Wildman–Crippen LogP) is 4.75. The molecule has 5 nitrogen and oxygen atoms in total. The van der Waals surface area contributed by atoms with Gasteiger partial charge >= 0.3 is 30.1 Å². The van der Waals surface area contributed by atoms with Gasteiger partial charge in [-0.2, -0.15) is 52.7 Å². The number of nitrogens with two attached hydrogens (primary N) is 1. The zero-order valence-corrected chi connectivity index (χ0v) is 17.8. The molecule has 0 aromatic carbocycles. The fraction of sp³-hybridized carbons (Fsp3) is 1.00. The van der Waals surface area contributed by atoms with Gasteiger partial charge in [0.2, 0.25) is 0 Å². The van der Waals surface area contributed by atoms with E-state index in [1.54, 1.807) is 0 Å². The average molecular weight is 572 g/mol. The molecular formula is C16H19F15N2O3. The van der Waals surface area contributed by atoms with Crippen molar-refractivity contribution in [3.8, 4) is 0 Å².